The smallest absolute Gasteiger partial charge is 0.343 e. The van der Waals surface area contributed by atoms with Gasteiger partial charge in [0.15, 0.2) is 0 Å². The van der Waals surface area contributed by atoms with Crippen LogP contribution >= 0.6 is 0 Å². The average molecular weight is 207 g/mol. The maximum atomic E-state index is 11.5. The molecule has 4 heteroatoms. The van der Waals surface area contributed by atoms with Crippen molar-refractivity contribution in [1.82, 2.24) is 4.98 Å². The summed E-state index contributed by atoms with van der Waals surface area (Å²) in [6.07, 6.45) is 4.03. The van der Waals surface area contributed by atoms with Gasteiger partial charge in [0.2, 0.25) is 0 Å². The number of pyridine rings is 1. The Morgan fingerprint density at radius 2 is 2.13 bits per heavy atom. The Hall–Kier alpha value is -1.58. The summed E-state index contributed by atoms with van der Waals surface area (Å²) in [5.41, 5.74) is 1.81. The van der Waals surface area contributed by atoms with Gasteiger partial charge in [-0.3, -0.25) is 4.79 Å². The Balaban J connectivity index is 2.49. The van der Waals surface area contributed by atoms with Gasteiger partial charge in [0.05, 0.1) is 7.11 Å². The van der Waals surface area contributed by atoms with E-state index in [1.165, 1.54) is 7.11 Å². The topological polar surface area (TPSA) is 59.2 Å². The number of aromatic amines is 1. The summed E-state index contributed by atoms with van der Waals surface area (Å²) >= 11 is 0. The summed E-state index contributed by atoms with van der Waals surface area (Å²) in [5.74, 6) is -0.565. The number of aryl methyl sites for hydroxylation is 2. The Labute approximate surface area is 87.3 Å². The van der Waals surface area contributed by atoms with E-state index in [1.807, 2.05) is 0 Å². The zero-order chi connectivity index (χ0) is 10.8. The second-order valence-electron chi connectivity index (χ2n) is 3.71. The van der Waals surface area contributed by atoms with E-state index >= 15 is 0 Å². The normalized spacial score (nSPS) is 14.5. The highest BCUT2D eigenvalue weighted by Gasteiger charge is 2.16. The van der Waals surface area contributed by atoms with Crippen LogP contribution in [0.2, 0.25) is 0 Å². The molecule has 0 aliphatic heterocycles. The fourth-order valence-electron chi connectivity index (χ4n) is 1.94. The number of aromatic nitrogens is 1. The van der Waals surface area contributed by atoms with Crippen molar-refractivity contribution in [2.45, 2.75) is 25.7 Å². The van der Waals surface area contributed by atoms with Crippen LogP contribution in [0.4, 0.5) is 0 Å². The Morgan fingerprint density at radius 1 is 1.40 bits per heavy atom. The quantitative estimate of drug-likeness (QED) is 0.700. The van der Waals surface area contributed by atoms with Crippen molar-refractivity contribution in [3.8, 4) is 0 Å². The van der Waals surface area contributed by atoms with Crippen molar-refractivity contribution in [3.63, 3.8) is 0 Å². The molecule has 80 valence electrons. The van der Waals surface area contributed by atoms with E-state index in [0.717, 1.165) is 36.9 Å². The van der Waals surface area contributed by atoms with E-state index in [1.54, 1.807) is 6.07 Å². The third-order valence-electron chi connectivity index (χ3n) is 2.74. The number of fused-ring (bicyclic) bond motifs is 1. The molecule has 0 radical (unpaired) electrons. The van der Waals surface area contributed by atoms with Gasteiger partial charge < -0.3 is 9.72 Å². The summed E-state index contributed by atoms with van der Waals surface area (Å²) in [7, 11) is 1.28. The molecule has 15 heavy (non-hydrogen) atoms. The first-order valence-electron chi connectivity index (χ1n) is 5.06. The summed E-state index contributed by atoms with van der Waals surface area (Å²) < 4.78 is 4.55. The van der Waals surface area contributed by atoms with Crippen molar-refractivity contribution in [3.05, 3.63) is 33.2 Å². The minimum absolute atomic E-state index is 0.109. The zero-order valence-corrected chi connectivity index (χ0v) is 8.63. The van der Waals surface area contributed by atoms with Crippen LogP contribution in [0.5, 0.6) is 0 Å². The molecular formula is C11H13NO3. The van der Waals surface area contributed by atoms with Gasteiger partial charge in [-0.25, -0.2) is 4.79 Å². The second kappa shape index (κ2) is 3.88. The Kier molecular flexibility index (Phi) is 2.58. The van der Waals surface area contributed by atoms with Gasteiger partial charge in [0.25, 0.3) is 5.56 Å². The van der Waals surface area contributed by atoms with Gasteiger partial charge in [0, 0.05) is 5.69 Å². The summed E-state index contributed by atoms with van der Waals surface area (Å²) in [6.45, 7) is 0. The largest absolute Gasteiger partial charge is 0.465 e. The number of esters is 1. The first-order valence-corrected chi connectivity index (χ1v) is 5.06. The molecule has 0 unspecified atom stereocenters. The van der Waals surface area contributed by atoms with Crippen LogP contribution in [0.1, 0.15) is 34.5 Å². The molecule has 4 nitrogen and oxygen atoms in total. The fraction of sp³-hybridized carbons (Fsp3) is 0.455. The third-order valence-corrected chi connectivity index (χ3v) is 2.74. The SMILES string of the molecule is COC(=O)c1cc2c([nH]c1=O)CCCC2. The number of carbonyl (C=O) groups is 1. The fourth-order valence-corrected chi connectivity index (χ4v) is 1.94. The molecule has 2 rings (SSSR count). The van der Waals surface area contributed by atoms with Crippen molar-refractivity contribution >= 4 is 5.97 Å². The molecule has 1 aliphatic rings. The van der Waals surface area contributed by atoms with Gasteiger partial charge >= 0.3 is 5.97 Å². The molecule has 0 bridgehead atoms. The van der Waals surface area contributed by atoms with Gasteiger partial charge in [-0.05, 0) is 37.3 Å². The van der Waals surface area contributed by atoms with Crippen LogP contribution in [0, 0.1) is 0 Å². The van der Waals surface area contributed by atoms with Crippen molar-refractivity contribution in [2.24, 2.45) is 0 Å². The highest BCUT2D eigenvalue weighted by Crippen LogP contribution is 2.18. The maximum absolute atomic E-state index is 11.5. The van der Waals surface area contributed by atoms with Crippen molar-refractivity contribution < 1.29 is 9.53 Å². The number of H-pyrrole nitrogens is 1. The van der Waals surface area contributed by atoms with Gasteiger partial charge in [0.1, 0.15) is 5.56 Å². The summed E-state index contributed by atoms with van der Waals surface area (Å²) in [5, 5.41) is 0. The van der Waals surface area contributed by atoms with Crippen LogP contribution in [0.15, 0.2) is 10.9 Å². The van der Waals surface area contributed by atoms with Gasteiger partial charge in [-0.1, -0.05) is 0 Å². The molecule has 0 aromatic carbocycles. The molecule has 1 aromatic heterocycles. The van der Waals surface area contributed by atoms with Crippen molar-refractivity contribution in [1.29, 1.82) is 0 Å². The lowest BCUT2D eigenvalue weighted by Crippen LogP contribution is -2.23. The monoisotopic (exact) mass is 207 g/mol. The Morgan fingerprint density at radius 3 is 2.87 bits per heavy atom. The number of nitrogens with one attached hydrogen (secondary N) is 1. The van der Waals surface area contributed by atoms with E-state index in [-0.39, 0.29) is 11.1 Å². The van der Waals surface area contributed by atoms with E-state index in [2.05, 4.69) is 9.72 Å². The lowest BCUT2D eigenvalue weighted by atomic mass is 9.95. The molecule has 1 N–H and O–H groups in total. The number of methoxy groups -OCH3 is 1. The number of rotatable bonds is 1. The molecule has 1 heterocycles. The van der Waals surface area contributed by atoms with E-state index in [9.17, 15) is 9.59 Å². The predicted octanol–water partition coefficient (Wildman–Crippen LogP) is 1.04. The Bertz CT molecular complexity index is 448. The minimum Gasteiger partial charge on any atom is -0.465 e. The molecule has 0 spiro atoms. The van der Waals surface area contributed by atoms with E-state index in [0.29, 0.717) is 0 Å². The predicted molar refractivity (Wildman–Crippen MR) is 55.0 cm³/mol. The van der Waals surface area contributed by atoms with Crippen LogP contribution in [-0.4, -0.2) is 18.1 Å². The number of ether oxygens (including phenoxy) is 1. The first-order chi connectivity index (χ1) is 7.22. The minimum atomic E-state index is -0.565. The molecule has 1 aromatic rings. The van der Waals surface area contributed by atoms with Crippen molar-refractivity contribution in [2.75, 3.05) is 7.11 Å². The summed E-state index contributed by atoms with van der Waals surface area (Å²) in [4.78, 5) is 25.6. The van der Waals surface area contributed by atoms with E-state index in [4.69, 9.17) is 0 Å². The first kappa shape index (κ1) is 9.96. The third kappa shape index (κ3) is 1.79. The molecule has 0 saturated carbocycles. The molecule has 1 aliphatic carbocycles. The number of hydrogen-bond acceptors (Lipinski definition) is 3. The highest BCUT2D eigenvalue weighted by molar-refractivity contribution is 5.89. The van der Waals surface area contributed by atoms with Crippen LogP contribution in [-0.2, 0) is 17.6 Å². The number of carbonyl (C=O) groups excluding carboxylic acids is 1. The molecule has 0 atom stereocenters. The van der Waals surface area contributed by atoms with Crippen LogP contribution in [0.25, 0.3) is 0 Å². The van der Waals surface area contributed by atoms with Gasteiger partial charge in [-0.2, -0.15) is 0 Å². The standard InChI is InChI=1S/C11H13NO3/c1-15-11(14)8-6-7-4-2-3-5-9(7)12-10(8)13/h6H,2-5H2,1H3,(H,12,13). The van der Waals surface area contributed by atoms with Crippen LogP contribution in [0.3, 0.4) is 0 Å². The molecule has 0 saturated heterocycles. The lowest BCUT2D eigenvalue weighted by Gasteiger charge is -2.15. The van der Waals surface area contributed by atoms with E-state index < -0.39 is 5.97 Å². The molecular weight excluding hydrogens is 194 g/mol. The molecule has 0 fully saturated rings. The van der Waals surface area contributed by atoms with Gasteiger partial charge in [-0.15, -0.1) is 0 Å². The lowest BCUT2D eigenvalue weighted by molar-refractivity contribution is 0.0598. The average Bonchev–Trinajstić information content (AvgIpc) is 2.27. The maximum Gasteiger partial charge on any atom is 0.343 e. The number of hydrogen-bond donors (Lipinski definition) is 1. The zero-order valence-electron chi connectivity index (χ0n) is 8.63. The highest BCUT2D eigenvalue weighted by atomic mass is 16.5. The summed E-state index contributed by atoms with van der Waals surface area (Å²) in [6, 6.07) is 1.67. The molecule has 0 amide bonds. The van der Waals surface area contributed by atoms with Crippen LogP contribution < -0.4 is 5.56 Å². The second-order valence-corrected chi connectivity index (χ2v) is 3.71.